The monoisotopic (exact) mass is 331 g/mol. The molecule has 2 N–H and O–H groups in total. The summed E-state index contributed by atoms with van der Waals surface area (Å²) in [4.78, 5) is 24.5. The van der Waals surface area contributed by atoms with Crippen LogP contribution in [-0.2, 0) is 9.59 Å². The normalized spacial score (nSPS) is 30.7. The Morgan fingerprint density at radius 1 is 0.958 bits per heavy atom. The number of hydrogen-bond acceptors (Lipinski definition) is 4. The highest BCUT2D eigenvalue weighted by Gasteiger charge is 2.50. The molecule has 1 aromatic carbocycles. The van der Waals surface area contributed by atoms with E-state index in [0.717, 1.165) is 25.7 Å². The number of carbonyl (C=O) groups excluding carboxylic acids is 1. The van der Waals surface area contributed by atoms with Crippen molar-refractivity contribution in [2.24, 2.45) is 23.7 Å². The summed E-state index contributed by atoms with van der Waals surface area (Å²) >= 11 is 0. The van der Waals surface area contributed by atoms with Crippen LogP contribution in [-0.4, -0.2) is 30.2 Å². The fraction of sp³-hybridized carbons (Fsp3) is 0.556. The third-order valence-corrected chi connectivity index (χ3v) is 5.62. The Kier molecular flexibility index (Phi) is 3.82. The van der Waals surface area contributed by atoms with Crippen LogP contribution >= 0.6 is 0 Å². The van der Waals surface area contributed by atoms with Crippen molar-refractivity contribution in [2.45, 2.75) is 25.7 Å². The average molecular weight is 331 g/mol. The summed E-state index contributed by atoms with van der Waals surface area (Å²) in [6, 6.07) is 5.28. The molecule has 4 aliphatic rings. The summed E-state index contributed by atoms with van der Waals surface area (Å²) in [6.45, 7) is 1.00. The molecule has 3 fully saturated rings. The van der Waals surface area contributed by atoms with E-state index in [-0.39, 0.29) is 17.7 Å². The van der Waals surface area contributed by atoms with E-state index in [2.05, 4.69) is 5.32 Å². The molecule has 2 atom stereocenters. The molecular formula is C18H21NO5. The molecule has 128 valence electrons. The highest BCUT2D eigenvalue weighted by molar-refractivity contribution is 5.96. The molecule has 2 unspecified atom stereocenters. The van der Waals surface area contributed by atoms with Gasteiger partial charge in [-0.1, -0.05) is 0 Å². The van der Waals surface area contributed by atoms with Crippen LogP contribution in [0.3, 0.4) is 0 Å². The van der Waals surface area contributed by atoms with Crippen molar-refractivity contribution in [3.63, 3.8) is 0 Å². The molecule has 3 aliphatic carbocycles. The number of carboxylic acids is 1. The first-order valence-corrected chi connectivity index (χ1v) is 8.57. The highest BCUT2D eigenvalue weighted by Crippen LogP contribution is 2.49. The van der Waals surface area contributed by atoms with Gasteiger partial charge in [-0.05, 0) is 49.7 Å². The smallest absolute Gasteiger partial charge is 0.307 e. The predicted molar refractivity (Wildman–Crippen MR) is 86.1 cm³/mol. The van der Waals surface area contributed by atoms with Crippen LogP contribution in [0.2, 0.25) is 0 Å². The quantitative estimate of drug-likeness (QED) is 0.889. The van der Waals surface area contributed by atoms with Crippen molar-refractivity contribution in [3.8, 4) is 11.5 Å². The summed E-state index contributed by atoms with van der Waals surface area (Å²) in [7, 11) is 0. The number of rotatable bonds is 3. The zero-order chi connectivity index (χ0) is 16.7. The van der Waals surface area contributed by atoms with Crippen molar-refractivity contribution in [2.75, 3.05) is 18.5 Å². The van der Waals surface area contributed by atoms with Crippen molar-refractivity contribution >= 4 is 17.6 Å². The Balaban J connectivity index is 1.54. The van der Waals surface area contributed by atoms with Crippen molar-refractivity contribution in [1.82, 2.24) is 0 Å². The summed E-state index contributed by atoms with van der Waals surface area (Å²) in [5.74, 6) is -0.451. The minimum atomic E-state index is -0.841. The number of carbonyl (C=O) groups is 2. The van der Waals surface area contributed by atoms with Crippen LogP contribution in [0.25, 0.3) is 0 Å². The second-order valence-corrected chi connectivity index (χ2v) is 6.91. The fourth-order valence-electron chi connectivity index (χ4n) is 4.53. The zero-order valence-corrected chi connectivity index (χ0v) is 13.4. The minimum Gasteiger partial charge on any atom is -0.486 e. The molecule has 5 rings (SSSR count). The minimum absolute atomic E-state index is 0.128. The van der Waals surface area contributed by atoms with Crippen LogP contribution < -0.4 is 14.8 Å². The number of fused-ring (bicyclic) bond motifs is 4. The summed E-state index contributed by atoms with van der Waals surface area (Å²) < 4.78 is 11.0. The van der Waals surface area contributed by atoms with E-state index in [1.807, 2.05) is 0 Å². The van der Waals surface area contributed by atoms with Gasteiger partial charge in [0.25, 0.3) is 0 Å². The summed E-state index contributed by atoms with van der Waals surface area (Å²) in [5.41, 5.74) is 0.620. The van der Waals surface area contributed by atoms with Gasteiger partial charge in [-0.2, -0.15) is 0 Å². The fourth-order valence-corrected chi connectivity index (χ4v) is 4.53. The number of hydrogen-bond donors (Lipinski definition) is 2. The lowest BCUT2D eigenvalue weighted by Gasteiger charge is -2.45. The Bertz CT molecular complexity index is 665. The average Bonchev–Trinajstić information content (AvgIpc) is 2.61. The maximum absolute atomic E-state index is 12.8. The third kappa shape index (κ3) is 2.60. The van der Waals surface area contributed by atoms with Gasteiger partial charge in [0.1, 0.15) is 13.2 Å². The van der Waals surface area contributed by atoms with Gasteiger partial charge in [0.05, 0.1) is 11.8 Å². The number of nitrogens with one attached hydrogen (secondary N) is 1. The maximum Gasteiger partial charge on any atom is 0.307 e. The molecule has 0 aromatic heterocycles. The highest BCUT2D eigenvalue weighted by atomic mass is 16.6. The second kappa shape index (κ2) is 6.00. The van der Waals surface area contributed by atoms with Gasteiger partial charge in [-0.25, -0.2) is 0 Å². The first-order valence-electron chi connectivity index (χ1n) is 8.57. The van der Waals surface area contributed by atoms with Gasteiger partial charge in [-0.3, -0.25) is 9.59 Å². The van der Waals surface area contributed by atoms with E-state index in [9.17, 15) is 14.7 Å². The Labute approximate surface area is 140 Å². The van der Waals surface area contributed by atoms with Gasteiger partial charge in [-0.15, -0.1) is 0 Å². The van der Waals surface area contributed by atoms with Gasteiger partial charge in [0.2, 0.25) is 5.91 Å². The van der Waals surface area contributed by atoms with Crippen LogP contribution in [0, 0.1) is 23.7 Å². The lowest BCUT2D eigenvalue weighted by molar-refractivity contribution is -0.156. The van der Waals surface area contributed by atoms with Crippen LogP contribution in [0.15, 0.2) is 18.2 Å². The number of amides is 1. The first-order chi connectivity index (χ1) is 11.6. The Morgan fingerprint density at radius 3 is 2.25 bits per heavy atom. The molecule has 1 aromatic rings. The lowest BCUT2D eigenvalue weighted by Crippen LogP contribution is -2.49. The second-order valence-electron chi connectivity index (χ2n) is 6.91. The van der Waals surface area contributed by atoms with Crippen LogP contribution in [0.5, 0.6) is 11.5 Å². The molecule has 1 amide bonds. The Hall–Kier alpha value is -2.24. The number of aliphatic carboxylic acids is 1. The number of ether oxygens (including phenoxy) is 2. The van der Waals surface area contributed by atoms with Crippen LogP contribution in [0.1, 0.15) is 25.7 Å². The van der Waals surface area contributed by atoms with Gasteiger partial charge in [0, 0.05) is 11.8 Å². The molecule has 6 nitrogen and oxygen atoms in total. The molecule has 24 heavy (non-hydrogen) atoms. The molecule has 1 heterocycles. The zero-order valence-electron chi connectivity index (χ0n) is 13.4. The topological polar surface area (TPSA) is 84.9 Å². The summed E-state index contributed by atoms with van der Waals surface area (Å²) in [5, 5.41) is 12.5. The SMILES string of the molecule is O=C(O)C1C2CCC(CC2)C1C(=O)Nc1ccc2c(c1)OCCO2. The number of anilines is 1. The largest absolute Gasteiger partial charge is 0.486 e. The van der Waals surface area contributed by atoms with E-state index < -0.39 is 17.8 Å². The summed E-state index contributed by atoms with van der Waals surface area (Å²) in [6.07, 6.45) is 3.76. The van der Waals surface area contributed by atoms with E-state index in [1.54, 1.807) is 18.2 Å². The first kappa shape index (κ1) is 15.3. The molecule has 0 spiro atoms. The van der Waals surface area contributed by atoms with Gasteiger partial charge < -0.3 is 19.9 Å². The van der Waals surface area contributed by atoms with Crippen LogP contribution in [0.4, 0.5) is 5.69 Å². The third-order valence-electron chi connectivity index (χ3n) is 5.62. The standard InChI is InChI=1S/C18H21NO5/c20-17(15-10-1-3-11(4-2-10)16(15)18(21)22)19-12-5-6-13-14(9-12)24-8-7-23-13/h5-6,9-11,15-16H,1-4,7-8H2,(H,19,20)(H,21,22). The van der Waals surface area contributed by atoms with Crippen molar-refractivity contribution < 1.29 is 24.2 Å². The molecule has 6 heteroatoms. The van der Waals surface area contributed by atoms with Crippen molar-refractivity contribution in [1.29, 1.82) is 0 Å². The number of benzene rings is 1. The van der Waals surface area contributed by atoms with E-state index >= 15 is 0 Å². The molecule has 0 radical (unpaired) electrons. The van der Waals surface area contributed by atoms with E-state index in [4.69, 9.17) is 9.47 Å². The van der Waals surface area contributed by atoms with E-state index in [0.29, 0.717) is 30.4 Å². The number of carboxylic acid groups (broad SMARTS) is 1. The van der Waals surface area contributed by atoms with Gasteiger partial charge >= 0.3 is 5.97 Å². The maximum atomic E-state index is 12.8. The Morgan fingerprint density at radius 2 is 1.58 bits per heavy atom. The predicted octanol–water partition coefficient (Wildman–Crippen LogP) is 2.53. The van der Waals surface area contributed by atoms with E-state index in [1.165, 1.54) is 0 Å². The van der Waals surface area contributed by atoms with Gasteiger partial charge in [0.15, 0.2) is 11.5 Å². The molecule has 2 bridgehead atoms. The molecule has 3 saturated carbocycles. The molecule has 0 saturated heterocycles. The van der Waals surface area contributed by atoms with Crippen molar-refractivity contribution in [3.05, 3.63) is 18.2 Å². The lowest BCUT2D eigenvalue weighted by atomic mass is 9.58. The molecular weight excluding hydrogens is 310 g/mol. The molecule has 1 aliphatic heterocycles.